The van der Waals surface area contributed by atoms with Crippen LogP contribution < -0.4 is 5.32 Å². The predicted octanol–water partition coefficient (Wildman–Crippen LogP) is 1.33. The van der Waals surface area contributed by atoms with Crippen LogP contribution in [0.4, 0.5) is 0 Å². The Morgan fingerprint density at radius 2 is 2.15 bits per heavy atom. The van der Waals surface area contributed by atoms with Crippen LogP contribution >= 0.6 is 0 Å². The van der Waals surface area contributed by atoms with Gasteiger partial charge in [-0.1, -0.05) is 12.1 Å². The molecule has 0 radical (unpaired) electrons. The first-order valence-corrected chi connectivity index (χ1v) is 6.31. The van der Waals surface area contributed by atoms with Crippen molar-refractivity contribution in [2.75, 3.05) is 6.54 Å². The van der Waals surface area contributed by atoms with Crippen molar-refractivity contribution in [3.63, 3.8) is 0 Å². The maximum atomic E-state index is 12.2. The molecule has 0 atom stereocenters. The number of rotatable bonds is 4. The van der Waals surface area contributed by atoms with E-state index in [0.29, 0.717) is 18.5 Å². The van der Waals surface area contributed by atoms with E-state index in [1.807, 2.05) is 24.3 Å². The molecule has 0 aliphatic heterocycles. The van der Waals surface area contributed by atoms with Crippen LogP contribution in [-0.4, -0.2) is 32.6 Å². The molecule has 0 aliphatic carbocycles. The third-order valence-corrected chi connectivity index (χ3v) is 3.00. The molecule has 20 heavy (non-hydrogen) atoms. The van der Waals surface area contributed by atoms with Gasteiger partial charge in [0.25, 0.3) is 5.91 Å². The van der Waals surface area contributed by atoms with Crippen molar-refractivity contribution in [3.05, 3.63) is 54.2 Å². The molecule has 1 aromatic carbocycles. The standard InChI is InChI=1S/C14H13N5O/c20-14(16-8-6-13-17-9-18-19-13)11-3-1-5-12-10(11)4-2-7-15-12/h1-5,7,9H,6,8H2,(H,16,20)(H,17,18,19). The maximum Gasteiger partial charge on any atom is 0.251 e. The Morgan fingerprint density at radius 3 is 3.00 bits per heavy atom. The molecule has 6 nitrogen and oxygen atoms in total. The largest absolute Gasteiger partial charge is 0.352 e. The summed E-state index contributed by atoms with van der Waals surface area (Å²) in [5.74, 6) is 0.646. The van der Waals surface area contributed by atoms with E-state index in [1.165, 1.54) is 6.33 Å². The molecular formula is C14H13N5O. The topological polar surface area (TPSA) is 83.6 Å². The minimum absolute atomic E-state index is 0.108. The minimum atomic E-state index is -0.108. The van der Waals surface area contributed by atoms with Gasteiger partial charge in [0.2, 0.25) is 0 Å². The summed E-state index contributed by atoms with van der Waals surface area (Å²) in [7, 11) is 0. The van der Waals surface area contributed by atoms with E-state index in [9.17, 15) is 4.79 Å². The quantitative estimate of drug-likeness (QED) is 0.747. The van der Waals surface area contributed by atoms with Gasteiger partial charge < -0.3 is 5.32 Å². The highest BCUT2D eigenvalue weighted by atomic mass is 16.1. The number of amides is 1. The van der Waals surface area contributed by atoms with Gasteiger partial charge in [0.1, 0.15) is 12.2 Å². The van der Waals surface area contributed by atoms with Crippen LogP contribution in [0.3, 0.4) is 0 Å². The SMILES string of the molecule is O=C(NCCc1ncn[nH]1)c1cccc2ncccc12. The molecule has 0 spiro atoms. The van der Waals surface area contributed by atoms with Crippen LogP contribution in [0, 0.1) is 0 Å². The molecule has 2 N–H and O–H groups in total. The Morgan fingerprint density at radius 1 is 1.20 bits per heavy atom. The molecule has 1 amide bonds. The van der Waals surface area contributed by atoms with Gasteiger partial charge in [0.15, 0.2) is 0 Å². The molecule has 6 heteroatoms. The summed E-state index contributed by atoms with van der Waals surface area (Å²) in [6.45, 7) is 0.505. The lowest BCUT2D eigenvalue weighted by Gasteiger charge is -2.06. The molecule has 100 valence electrons. The van der Waals surface area contributed by atoms with Gasteiger partial charge in [-0.05, 0) is 18.2 Å². The molecule has 3 aromatic rings. The van der Waals surface area contributed by atoms with Crippen LogP contribution in [0.25, 0.3) is 10.9 Å². The zero-order valence-electron chi connectivity index (χ0n) is 10.7. The predicted molar refractivity (Wildman–Crippen MR) is 74.2 cm³/mol. The zero-order valence-corrected chi connectivity index (χ0v) is 10.7. The highest BCUT2D eigenvalue weighted by Crippen LogP contribution is 2.16. The van der Waals surface area contributed by atoms with Crippen LogP contribution in [0.2, 0.25) is 0 Å². The molecule has 0 fully saturated rings. The lowest BCUT2D eigenvalue weighted by molar-refractivity contribution is 0.0955. The number of aromatic nitrogens is 4. The first-order valence-electron chi connectivity index (χ1n) is 6.31. The highest BCUT2D eigenvalue weighted by Gasteiger charge is 2.09. The fourth-order valence-corrected chi connectivity index (χ4v) is 2.04. The Labute approximate surface area is 115 Å². The second kappa shape index (κ2) is 5.48. The molecule has 0 bridgehead atoms. The van der Waals surface area contributed by atoms with Gasteiger partial charge in [-0.2, -0.15) is 5.10 Å². The number of carbonyl (C=O) groups excluding carboxylic acids is 1. The van der Waals surface area contributed by atoms with E-state index >= 15 is 0 Å². The van der Waals surface area contributed by atoms with Crippen molar-refractivity contribution in [2.24, 2.45) is 0 Å². The molecule has 3 rings (SSSR count). The molecule has 0 aliphatic rings. The molecule has 0 saturated heterocycles. The lowest BCUT2D eigenvalue weighted by atomic mass is 10.1. The summed E-state index contributed by atoms with van der Waals surface area (Å²) in [5.41, 5.74) is 1.45. The number of hydrogen-bond acceptors (Lipinski definition) is 4. The van der Waals surface area contributed by atoms with E-state index in [1.54, 1.807) is 12.3 Å². The number of nitrogens with zero attached hydrogens (tertiary/aromatic N) is 3. The van der Waals surface area contributed by atoms with Gasteiger partial charge in [-0.25, -0.2) is 4.98 Å². The Hall–Kier alpha value is -2.76. The summed E-state index contributed by atoms with van der Waals surface area (Å²) in [5, 5.41) is 10.2. The lowest BCUT2D eigenvalue weighted by Crippen LogP contribution is -2.26. The zero-order chi connectivity index (χ0) is 13.8. The smallest absolute Gasteiger partial charge is 0.251 e. The number of H-pyrrole nitrogens is 1. The van der Waals surface area contributed by atoms with E-state index in [4.69, 9.17) is 0 Å². The van der Waals surface area contributed by atoms with Gasteiger partial charge in [-0.3, -0.25) is 14.9 Å². The van der Waals surface area contributed by atoms with Crippen molar-refractivity contribution < 1.29 is 4.79 Å². The molecule has 2 aromatic heterocycles. The fraction of sp³-hybridized carbons (Fsp3) is 0.143. The summed E-state index contributed by atoms with van der Waals surface area (Å²) < 4.78 is 0. The third kappa shape index (κ3) is 2.49. The van der Waals surface area contributed by atoms with Crippen molar-refractivity contribution >= 4 is 16.8 Å². The molecule has 0 saturated carbocycles. The second-order valence-electron chi connectivity index (χ2n) is 4.31. The van der Waals surface area contributed by atoms with Gasteiger partial charge in [-0.15, -0.1) is 0 Å². The Kier molecular flexibility index (Phi) is 3.36. The van der Waals surface area contributed by atoms with Crippen LogP contribution in [0.15, 0.2) is 42.9 Å². The number of carbonyl (C=O) groups is 1. The monoisotopic (exact) mass is 267 g/mol. The van der Waals surface area contributed by atoms with E-state index in [0.717, 1.165) is 16.7 Å². The average Bonchev–Trinajstić information content (AvgIpc) is 3.00. The maximum absolute atomic E-state index is 12.2. The third-order valence-electron chi connectivity index (χ3n) is 3.00. The summed E-state index contributed by atoms with van der Waals surface area (Å²) in [6.07, 6.45) is 3.79. The summed E-state index contributed by atoms with van der Waals surface area (Å²) in [4.78, 5) is 20.5. The molecule has 2 heterocycles. The highest BCUT2D eigenvalue weighted by molar-refractivity contribution is 6.06. The number of nitrogens with one attached hydrogen (secondary N) is 2. The summed E-state index contributed by atoms with van der Waals surface area (Å²) >= 11 is 0. The van der Waals surface area contributed by atoms with Crippen molar-refractivity contribution in [2.45, 2.75) is 6.42 Å². The molecule has 0 unspecified atom stereocenters. The van der Waals surface area contributed by atoms with Crippen molar-refractivity contribution in [1.29, 1.82) is 0 Å². The minimum Gasteiger partial charge on any atom is -0.352 e. The molecular weight excluding hydrogens is 254 g/mol. The van der Waals surface area contributed by atoms with Gasteiger partial charge in [0.05, 0.1) is 5.52 Å². The van der Waals surface area contributed by atoms with Crippen molar-refractivity contribution in [1.82, 2.24) is 25.5 Å². The number of hydrogen-bond donors (Lipinski definition) is 2. The van der Waals surface area contributed by atoms with Gasteiger partial charge in [0, 0.05) is 30.1 Å². The van der Waals surface area contributed by atoms with Crippen molar-refractivity contribution in [3.8, 4) is 0 Å². The van der Waals surface area contributed by atoms with Crippen LogP contribution in [0.1, 0.15) is 16.2 Å². The normalized spacial score (nSPS) is 10.6. The Balaban J connectivity index is 1.72. The number of aromatic amines is 1. The Bertz CT molecular complexity index is 718. The van der Waals surface area contributed by atoms with E-state index in [2.05, 4.69) is 25.5 Å². The van der Waals surface area contributed by atoms with E-state index in [-0.39, 0.29) is 5.91 Å². The van der Waals surface area contributed by atoms with Crippen LogP contribution in [-0.2, 0) is 6.42 Å². The fourth-order valence-electron chi connectivity index (χ4n) is 2.04. The number of pyridine rings is 1. The first-order chi connectivity index (χ1) is 9.84. The average molecular weight is 267 g/mol. The first kappa shape index (κ1) is 12.3. The van der Waals surface area contributed by atoms with E-state index < -0.39 is 0 Å². The number of fused-ring (bicyclic) bond motifs is 1. The second-order valence-corrected chi connectivity index (χ2v) is 4.31. The summed E-state index contributed by atoms with van der Waals surface area (Å²) in [6, 6.07) is 9.25. The number of benzene rings is 1. The van der Waals surface area contributed by atoms with Crippen LogP contribution in [0.5, 0.6) is 0 Å². The van der Waals surface area contributed by atoms with Gasteiger partial charge >= 0.3 is 0 Å².